The zero-order valence-electron chi connectivity index (χ0n) is 10.9. The Morgan fingerprint density at radius 1 is 1.44 bits per heavy atom. The SMILES string of the molecule is CCC(C)C=C=CCCC1CC12C1C(C)C12. The summed E-state index contributed by atoms with van der Waals surface area (Å²) in [6.07, 6.45) is 9.96. The minimum absolute atomic E-state index is 0.695. The monoisotopic (exact) mass is 216 g/mol. The molecule has 1 spiro atoms. The molecule has 3 aliphatic carbocycles. The summed E-state index contributed by atoms with van der Waals surface area (Å²) in [6, 6.07) is 0. The van der Waals surface area contributed by atoms with Crippen LogP contribution in [-0.4, -0.2) is 0 Å². The van der Waals surface area contributed by atoms with E-state index in [1.165, 1.54) is 31.1 Å². The van der Waals surface area contributed by atoms with Crippen LogP contribution in [0.5, 0.6) is 0 Å². The number of rotatable bonds is 5. The molecule has 0 bridgehead atoms. The average Bonchev–Trinajstić information content (AvgIpc) is 3.18. The number of hydrogen-bond donors (Lipinski definition) is 0. The molecular weight excluding hydrogens is 192 g/mol. The highest BCUT2D eigenvalue weighted by Gasteiger charge is 2.89. The van der Waals surface area contributed by atoms with Gasteiger partial charge in [-0.2, -0.15) is 0 Å². The first-order valence-corrected chi connectivity index (χ1v) is 7.13. The van der Waals surface area contributed by atoms with Crippen LogP contribution >= 0.6 is 0 Å². The maximum Gasteiger partial charge on any atom is -0.0189 e. The van der Waals surface area contributed by atoms with Gasteiger partial charge in [0.1, 0.15) is 0 Å². The van der Waals surface area contributed by atoms with Crippen molar-refractivity contribution in [3.05, 3.63) is 17.9 Å². The fraction of sp³-hybridized carbons (Fsp3) is 0.812. The van der Waals surface area contributed by atoms with E-state index in [2.05, 4.69) is 38.7 Å². The molecule has 0 aliphatic heterocycles. The molecule has 0 aromatic heterocycles. The lowest BCUT2D eigenvalue weighted by atomic mass is 10.00. The third kappa shape index (κ3) is 1.43. The topological polar surface area (TPSA) is 0 Å². The zero-order chi connectivity index (χ0) is 11.3. The maximum atomic E-state index is 3.35. The molecule has 0 aromatic rings. The van der Waals surface area contributed by atoms with Crippen LogP contribution in [0.1, 0.15) is 46.5 Å². The van der Waals surface area contributed by atoms with Crippen molar-refractivity contribution in [2.75, 3.05) is 0 Å². The van der Waals surface area contributed by atoms with Crippen molar-refractivity contribution in [3.8, 4) is 0 Å². The molecule has 0 N–H and O–H groups in total. The van der Waals surface area contributed by atoms with Crippen molar-refractivity contribution in [1.82, 2.24) is 0 Å². The van der Waals surface area contributed by atoms with Gasteiger partial charge in [-0.25, -0.2) is 0 Å². The van der Waals surface area contributed by atoms with Gasteiger partial charge in [0, 0.05) is 0 Å². The summed E-state index contributed by atoms with van der Waals surface area (Å²) < 4.78 is 0. The highest BCUT2D eigenvalue weighted by molar-refractivity contribution is 5.36. The molecule has 3 rings (SSSR count). The first-order valence-electron chi connectivity index (χ1n) is 7.13. The van der Waals surface area contributed by atoms with Gasteiger partial charge in [0.05, 0.1) is 0 Å². The zero-order valence-corrected chi connectivity index (χ0v) is 10.9. The third-order valence-corrected chi connectivity index (χ3v) is 5.51. The van der Waals surface area contributed by atoms with Gasteiger partial charge in [0.2, 0.25) is 0 Å². The molecule has 0 radical (unpaired) electrons. The molecule has 3 saturated carbocycles. The number of allylic oxidation sites excluding steroid dienone is 1. The molecule has 3 aliphatic rings. The van der Waals surface area contributed by atoms with E-state index in [-0.39, 0.29) is 0 Å². The summed E-state index contributed by atoms with van der Waals surface area (Å²) in [6.45, 7) is 6.93. The van der Waals surface area contributed by atoms with Crippen LogP contribution in [0.2, 0.25) is 0 Å². The maximum absolute atomic E-state index is 3.35. The van der Waals surface area contributed by atoms with Gasteiger partial charge in [-0.3, -0.25) is 0 Å². The molecule has 0 heteroatoms. The first kappa shape index (κ1) is 10.7. The van der Waals surface area contributed by atoms with Crippen LogP contribution in [0.3, 0.4) is 0 Å². The smallest absolute Gasteiger partial charge is 0.0189 e. The summed E-state index contributed by atoms with van der Waals surface area (Å²) in [4.78, 5) is 0. The summed E-state index contributed by atoms with van der Waals surface area (Å²) in [5, 5.41) is 0. The summed E-state index contributed by atoms with van der Waals surface area (Å²) in [7, 11) is 0. The van der Waals surface area contributed by atoms with E-state index in [0.717, 1.165) is 17.3 Å². The summed E-state index contributed by atoms with van der Waals surface area (Å²) in [5.41, 5.74) is 4.27. The lowest BCUT2D eigenvalue weighted by molar-refractivity contribution is 0.438. The van der Waals surface area contributed by atoms with Crippen LogP contribution in [0.15, 0.2) is 17.9 Å². The van der Waals surface area contributed by atoms with Gasteiger partial charge in [-0.05, 0) is 72.8 Å². The summed E-state index contributed by atoms with van der Waals surface area (Å²) in [5.74, 6) is 5.25. The van der Waals surface area contributed by atoms with Crippen molar-refractivity contribution in [3.63, 3.8) is 0 Å². The van der Waals surface area contributed by atoms with E-state index < -0.39 is 0 Å². The molecule has 4 atom stereocenters. The Kier molecular flexibility index (Phi) is 2.33. The molecule has 3 fully saturated rings. The van der Waals surface area contributed by atoms with E-state index in [0.29, 0.717) is 5.92 Å². The number of hydrogen-bond acceptors (Lipinski definition) is 0. The van der Waals surface area contributed by atoms with Crippen LogP contribution in [0.25, 0.3) is 0 Å². The predicted octanol–water partition coefficient (Wildman–Crippen LogP) is 4.43. The largest absolute Gasteiger partial charge is 0.129 e. The van der Waals surface area contributed by atoms with Crippen molar-refractivity contribution >= 4 is 0 Å². The van der Waals surface area contributed by atoms with Gasteiger partial charge in [0.15, 0.2) is 0 Å². The molecule has 16 heavy (non-hydrogen) atoms. The lowest BCUT2D eigenvalue weighted by Gasteiger charge is -2.04. The Labute approximate surface area is 99.8 Å². The van der Waals surface area contributed by atoms with Crippen LogP contribution in [0.4, 0.5) is 0 Å². The Hall–Kier alpha value is -0.480. The van der Waals surface area contributed by atoms with E-state index in [4.69, 9.17) is 0 Å². The molecule has 0 nitrogen and oxygen atoms in total. The molecule has 0 saturated heterocycles. The van der Waals surface area contributed by atoms with Gasteiger partial charge < -0.3 is 0 Å². The quantitative estimate of drug-likeness (QED) is 0.597. The van der Waals surface area contributed by atoms with Crippen molar-refractivity contribution in [2.45, 2.75) is 46.5 Å². The van der Waals surface area contributed by atoms with Gasteiger partial charge in [-0.15, -0.1) is 5.73 Å². The number of fused-ring (bicyclic) bond motifs is 3. The van der Waals surface area contributed by atoms with Crippen LogP contribution in [-0.2, 0) is 0 Å². The highest BCUT2D eigenvalue weighted by atomic mass is 14.9. The van der Waals surface area contributed by atoms with Gasteiger partial charge >= 0.3 is 0 Å². The standard InChI is InChI=1S/C16H24/c1-4-11(2)8-6-5-7-9-13-10-16(13)14-12(3)15(14)16/h5,8,11-15H,4,7,9-10H2,1-3H3. The Morgan fingerprint density at radius 2 is 2.19 bits per heavy atom. The fourth-order valence-corrected chi connectivity index (χ4v) is 4.12. The van der Waals surface area contributed by atoms with E-state index in [1.807, 2.05) is 0 Å². The highest BCUT2D eigenvalue weighted by Crippen LogP contribution is 2.94. The lowest BCUT2D eigenvalue weighted by Crippen LogP contribution is -1.99. The Balaban J connectivity index is 1.35. The van der Waals surface area contributed by atoms with Crippen LogP contribution < -0.4 is 0 Å². The third-order valence-electron chi connectivity index (χ3n) is 5.51. The minimum atomic E-state index is 0.695. The first-order chi connectivity index (χ1) is 7.71. The molecule has 0 heterocycles. The van der Waals surface area contributed by atoms with Gasteiger partial charge in [-0.1, -0.05) is 20.8 Å². The minimum Gasteiger partial charge on any atom is -0.129 e. The second-order valence-electron chi connectivity index (χ2n) is 6.42. The average molecular weight is 216 g/mol. The van der Waals surface area contributed by atoms with Crippen molar-refractivity contribution < 1.29 is 0 Å². The molecule has 0 aromatic carbocycles. The normalized spacial score (nSPS) is 47.9. The Bertz CT molecular complexity index is 335. The van der Waals surface area contributed by atoms with Gasteiger partial charge in [0.25, 0.3) is 0 Å². The molecular formula is C16H24. The molecule has 0 amide bonds. The molecule has 4 unspecified atom stereocenters. The molecule has 88 valence electrons. The second kappa shape index (κ2) is 3.50. The van der Waals surface area contributed by atoms with Crippen LogP contribution in [0, 0.1) is 35.0 Å². The van der Waals surface area contributed by atoms with Crippen molar-refractivity contribution in [1.29, 1.82) is 0 Å². The fourth-order valence-electron chi connectivity index (χ4n) is 4.12. The predicted molar refractivity (Wildman–Crippen MR) is 68.0 cm³/mol. The summed E-state index contributed by atoms with van der Waals surface area (Å²) >= 11 is 0. The van der Waals surface area contributed by atoms with E-state index in [9.17, 15) is 0 Å². The Morgan fingerprint density at radius 3 is 2.81 bits per heavy atom. The van der Waals surface area contributed by atoms with E-state index in [1.54, 1.807) is 6.42 Å². The van der Waals surface area contributed by atoms with E-state index >= 15 is 0 Å². The van der Waals surface area contributed by atoms with Crippen molar-refractivity contribution in [2.24, 2.45) is 35.0 Å². The second-order valence-corrected chi connectivity index (χ2v) is 6.42.